The molecule has 1 heterocycles. The average Bonchev–Trinajstić information content (AvgIpc) is 2.60. The number of piperidine rings is 1. The fraction of sp³-hybridized carbons (Fsp3) is 0.500. The van der Waals surface area contributed by atoms with Crippen molar-refractivity contribution < 1.29 is 19.5 Å². The zero-order valence-corrected chi connectivity index (χ0v) is 14.2. The van der Waals surface area contributed by atoms with Crippen molar-refractivity contribution in [2.24, 2.45) is 5.92 Å². The lowest BCUT2D eigenvalue weighted by Gasteiger charge is -2.32. The minimum Gasteiger partial charge on any atom is -0.481 e. The number of carboxylic acids is 1. The Hall–Kier alpha value is -2.37. The van der Waals surface area contributed by atoms with Gasteiger partial charge in [0.05, 0.1) is 12.5 Å². The van der Waals surface area contributed by atoms with E-state index in [-0.39, 0.29) is 24.9 Å². The number of nitrogens with zero attached hydrogens (tertiary/aromatic N) is 2. The van der Waals surface area contributed by atoms with Crippen molar-refractivity contribution in [2.45, 2.75) is 26.2 Å². The molecule has 0 bridgehead atoms. The Labute approximate surface area is 142 Å². The van der Waals surface area contributed by atoms with Crippen LogP contribution < -0.4 is 0 Å². The standard InChI is InChI=1S/C18H24N2O4/c1-3-13-7-4-5-9-15(13)17(22)19(2)12-16(21)20-10-6-8-14(11-20)18(23)24/h4-5,7,9,14H,3,6,8,10-12H2,1-2H3,(H,23,24)/t14-/m0/s1. The fourth-order valence-corrected chi connectivity index (χ4v) is 3.02. The first-order valence-corrected chi connectivity index (χ1v) is 8.28. The molecule has 1 fully saturated rings. The van der Waals surface area contributed by atoms with Gasteiger partial charge in [-0.1, -0.05) is 25.1 Å². The maximum absolute atomic E-state index is 12.6. The summed E-state index contributed by atoms with van der Waals surface area (Å²) in [6, 6.07) is 7.37. The Morgan fingerprint density at radius 1 is 1.29 bits per heavy atom. The predicted molar refractivity (Wildman–Crippen MR) is 89.7 cm³/mol. The number of hydrogen-bond acceptors (Lipinski definition) is 3. The molecule has 0 radical (unpaired) electrons. The largest absolute Gasteiger partial charge is 0.481 e. The SMILES string of the molecule is CCc1ccccc1C(=O)N(C)CC(=O)N1CCC[C@H](C(=O)O)C1. The van der Waals surface area contributed by atoms with Gasteiger partial charge in [-0.15, -0.1) is 0 Å². The highest BCUT2D eigenvalue weighted by molar-refractivity contribution is 5.97. The maximum atomic E-state index is 12.6. The van der Waals surface area contributed by atoms with Gasteiger partial charge in [-0.05, 0) is 30.9 Å². The van der Waals surface area contributed by atoms with Crippen LogP contribution in [0.4, 0.5) is 0 Å². The van der Waals surface area contributed by atoms with Crippen molar-refractivity contribution in [3.8, 4) is 0 Å². The minimum atomic E-state index is -0.867. The topological polar surface area (TPSA) is 77.9 Å². The molecule has 0 unspecified atom stereocenters. The van der Waals surface area contributed by atoms with E-state index in [0.29, 0.717) is 24.9 Å². The summed E-state index contributed by atoms with van der Waals surface area (Å²) in [6.07, 6.45) is 2.02. The molecule has 130 valence electrons. The average molecular weight is 332 g/mol. The molecule has 0 aliphatic carbocycles. The molecule has 2 rings (SSSR count). The summed E-state index contributed by atoms with van der Waals surface area (Å²) in [5.41, 5.74) is 1.56. The number of benzene rings is 1. The molecule has 6 nitrogen and oxygen atoms in total. The van der Waals surface area contributed by atoms with Crippen molar-refractivity contribution in [1.82, 2.24) is 9.80 Å². The van der Waals surface area contributed by atoms with E-state index in [0.717, 1.165) is 12.0 Å². The third-order valence-corrected chi connectivity index (χ3v) is 4.47. The van der Waals surface area contributed by atoms with E-state index in [1.807, 2.05) is 25.1 Å². The van der Waals surface area contributed by atoms with Gasteiger partial charge in [-0.2, -0.15) is 0 Å². The van der Waals surface area contributed by atoms with E-state index >= 15 is 0 Å². The van der Waals surface area contributed by atoms with E-state index < -0.39 is 11.9 Å². The lowest BCUT2D eigenvalue weighted by Crippen LogP contribution is -2.47. The van der Waals surface area contributed by atoms with Crippen LogP contribution in [0.25, 0.3) is 0 Å². The zero-order chi connectivity index (χ0) is 17.7. The second-order valence-electron chi connectivity index (χ2n) is 6.19. The van der Waals surface area contributed by atoms with Crippen LogP contribution in [0.5, 0.6) is 0 Å². The molecule has 0 spiro atoms. The van der Waals surface area contributed by atoms with Crippen molar-refractivity contribution in [3.63, 3.8) is 0 Å². The van der Waals surface area contributed by atoms with Gasteiger partial charge >= 0.3 is 5.97 Å². The molecule has 0 saturated carbocycles. The first-order valence-electron chi connectivity index (χ1n) is 8.28. The van der Waals surface area contributed by atoms with Crippen LogP contribution in [0, 0.1) is 5.92 Å². The van der Waals surface area contributed by atoms with Crippen molar-refractivity contribution in [1.29, 1.82) is 0 Å². The van der Waals surface area contributed by atoms with Gasteiger partial charge < -0.3 is 14.9 Å². The van der Waals surface area contributed by atoms with Gasteiger partial charge in [-0.3, -0.25) is 14.4 Å². The number of carbonyl (C=O) groups is 3. The van der Waals surface area contributed by atoms with Gasteiger partial charge in [0, 0.05) is 25.7 Å². The Balaban J connectivity index is 2.00. The molecule has 1 saturated heterocycles. The third-order valence-electron chi connectivity index (χ3n) is 4.47. The molecule has 24 heavy (non-hydrogen) atoms. The van der Waals surface area contributed by atoms with Crippen LogP contribution in [0.1, 0.15) is 35.7 Å². The number of amides is 2. The Morgan fingerprint density at radius 3 is 2.67 bits per heavy atom. The number of likely N-dealkylation sites (tertiary alicyclic amines) is 1. The highest BCUT2D eigenvalue weighted by Gasteiger charge is 2.29. The summed E-state index contributed by atoms with van der Waals surface area (Å²) in [5.74, 6) is -1.77. The molecule has 2 amide bonds. The number of hydrogen-bond donors (Lipinski definition) is 1. The van der Waals surface area contributed by atoms with Gasteiger partial charge in [0.25, 0.3) is 5.91 Å². The fourth-order valence-electron chi connectivity index (χ4n) is 3.02. The second kappa shape index (κ2) is 7.95. The number of carbonyl (C=O) groups excluding carboxylic acids is 2. The Bertz CT molecular complexity index is 629. The number of carboxylic acid groups (broad SMARTS) is 1. The van der Waals surface area contributed by atoms with Crippen LogP contribution in [0.15, 0.2) is 24.3 Å². The van der Waals surface area contributed by atoms with Gasteiger partial charge in [0.1, 0.15) is 0 Å². The van der Waals surface area contributed by atoms with E-state index in [2.05, 4.69) is 0 Å². The Morgan fingerprint density at radius 2 is 2.00 bits per heavy atom. The van der Waals surface area contributed by atoms with Crippen LogP contribution >= 0.6 is 0 Å². The normalized spacial score (nSPS) is 17.4. The molecular weight excluding hydrogens is 308 g/mol. The van der Waals surface area contributed by atoms with Gasteiger partial charge in [0.15, 0.2) is 0 Å². The number of likely N-dealkylation sites (N-methyl/N-ethyl adjacent to an activating group) is 1. The molecule has 1 N–H and O–H groups in total. The maximum Gasteiger partial charge on any atom is 0.308 e. The second-order valence-corrected chi connectivity index (χ2v) is 6.19. The van der Waals surface area contributed by atoms with E-state index in [4.69, 9.17) is 5.11 Å². The summed E-state index contributed by atoms with van der Waals surface area (Å²) in [5, 5.41) is 9.11. The van der Waals surface area contributed by atoms with E-state index in [1.54, 1.807) is 18.0 Å². The lowest BCUT2D eigenvalue weighted by molar-refractivity contribution is -0.145. The number of rotatable bonds is 5. The van der Waals surface area contributed by atoms with E-state index in [1.165, 1.54) is 4.90 Å². The van der Waals surface area contributed by atoms with Crippen molar-refractivity contribution in [3.05, 3.63) is 35.4 Å². The highest BCUT2D eigenvalue weighted by Crippen LogP contribution is 2.17. The van der Waals surface area contributed by atoms with Crippen LogP contribution in [-0.4, -0.2) is 59.4 Å². The summed E-state index contributed by atoms with van der Waals surface area (Å²) < 4.78 is 0. The highest BCUT2D eigenvalue weighted by atomic mass is 16.4. The van der Waals surface area contributed by atoms with Crippen molar-refractivity contribution in [2.75, 3.05) is 26.7 Å². The number of aliphatic carboxylic acids is 1. The van der Waals surface area contributed by atoms with Gasteiger partial charge in [-0.25, -0.2) is 0 Å². The summed E-state index contributed by atoms with van der Waals surface area (Å²) >= 11 is 0. The lowest BCUT2D eigenvalue weighted by atomic mass is 9.98. The summed E-state index contributed by atoms with van der Waals surface area (Å²) in [4.78, 5) is 39.0. The third kappa shape index (κ3) is 4.13. The van der Waals surface area contributed by atoms with Gasteiger partial charge in [0.2, 0.25) is 5.91 Å². The smallest absolute Gasteiger partial charge is 0.308 e. The summed E-state index contributed by atoms with van der Waals surface area (Å²) in [7, 11) is 1.60. The molecule has 1 atom stereocenters. The van der Waals surface area contributed by atoms with Crippen molar-refractivity contribution >= 4 is 17.8 Å². The van der Waals surface area contributed by atoms with Crippen LogP contribution in [0.3, 0.4) is 0 Å². The van der Waals surface area contributed by atoms with Crippen LogP contribution in [-0.2, 0) is 16.0 Å². The molecule has 6 heteroatoms. The summed E-state index contributed by atoms with van der Waals surface area (Å²) in [6.45, 7) is 2.72. The quantitative estimate of drug-likeness (QED) is 0.889. The molecule has 0 aromatic heterocycles. The first-order chi connectivity index (χ1) is 11.4. The molecule has 1 aromatic rings. The van der Waals surface area contributed by atoms with Crippen LogP contribution in [0.2, 0.25) is 0 Å². The number of aryl methyl sites for hydroxylation is 1. The Kier molecular flexibility index (Phi) is 5.95. The monoisotopic (exact) mass is 332 g/mol. The molecule has 1 aliphatic rings. The first kappa shape index (κ1) is 18.0. The molecule has 1 aromatic carbocycles. The minimum absolute atomic E-state index is 0.0385. The molecular formula is C18H24N2O4. The predicted octanol–water partition coefficient (Wildman–Crippen LogP) is 1.64. The van der Waals surface area contributed by atoms with E-state index in [9.17, 15) is 14.4 Å². The molecule has 1 aliphatic heterocycles. The zero-order valence-electron chi connectivity index (χ0n) is 14.2.